The Labute approximate surface area is 91.7 Å². The van der Waals surface area contributed by atoms with Crippen LogP contribution in [0.2, 0.25) is 0 Å². The Bertz CT molecular complexity index is 428. The lowest BCUT2D eigenvalue weighted by atomic mass is 9.98. The number of ether oxygens (including phenoxy) is 1. The first kappa shape index (κ1) is 12.2. The molecule has 0 bridgehead atoms. The summed E-state index contributed by atoms with van der Waals surface area (Å²) in [5.74, 6) is -3.70. The average molecular weight is 226 g/mol. The van der Waals surface area contributed by atoms with E-state index in [-0.39, 0.29) is 5.56 Å². The molecule has 0 amide bonds. The molecule has 0 radical (unpaired) electrons. The highest BCUT2D eigenvalue weighted by atomic mass is 19.1. The molecule has 0 spiro atoms. The van der Waals surface area contributed by atoms with Gasteiger partial charge in [-0.25, -0.2) is 9.18 Å². The molecular formula is C11H11FO4. The fraction of sp³-hybridized carbons (Fsp3) is 0.273. The molecule has 1 aromatic rings. The molecule has 1 aromatic carbocycles. The van der Waals surface area contributed by atoms with E-state index in [4.69, 9.17) is 5.11 Å². The lowest BCUT2D eigenvalue weighted by molar-refractivity contribution is -0.142. The molecule has 0 aromatic heterocycles. The summed E-state index contributed by atoms with van der Waals surface area (Å²) in [5.41, 5.74) is -0.431. The Morgan fingerprint density at radius 1 is 1.44 bits per heavy atom. The highest BCUT2D eigenvalue weighted by Gasteiger charge is 2.22. The molecule has 0 aliphatic rings. The Hall–Kier alpha value is -1.91. The van der Waals surface area contributed by atoms with E-state index in [1.165, 1.54) is 26.2 Å². The van der Waals surface area contributed by atoms with E-state index in [2.05, 4.69) is 4.74 Å². The van der Waals surface area contributed by atoms with Crippen LogP contribution >= 0.6 is 0 Å². The molecule has 0 saturated carbocycles. The maximum absolute atomic E-state index is 13.7. The number of carboxylic acids is 1. The van der Waals surface area contributed by atoms with Gasteiger partial charge in [0, 0.05) is 5.56 Å². The van der Waals surface area contributed by atoms with Gasteiger partial charge in [0.05, 0.1) is 18.6 Å². The van der Waals surface area contributed by atoms with Crippen LogP contribution in [0, 0.1) is 5.82 Å². The Morgan fingerprint density at radius 3 is 2.56 bits per heavy atom. The molecule has 1 rings (SSSR count). The molecule has 4 nitrogen and oxygen atoms in total. The second-order valence-electron chi connectivity index (χ2n) is 3.26. The van der Waals surface area contributed by atoms with Crippen molar-refractivity contribution in [2.45, 2.75) is 12.8 Å². The number of rotatable bonds is 3. The third kappa shape index (κ3) is 2.18. The van der Waals surface area contributed by atoms with Crippen LogP contribution in [0.1, 0.15) is 28.8 Å². The summed E-state index contributed by atoms with van der Waals surface area (Å²) in [5, 5.41) is 8.71. The number of methoxy groups -OCH3 is 1. The molecule has 86 valence electrons. The number of carboxylic acid groups (broad SMARTS) is 1. The van der Waals surface area contributed by atoms with Crippen LogP contribution < -0.4 is 0 Å². The smallest absolute Gasteiger partial charge is 0.338 e. The SMILES string of the molecule is COC(=O)C(C)c1cccc(C(=O)O)c1F. The first-order valence-electron chi connectivity index (χ1n) is 4.58. The number of hydrogen-bond donors (Lipinski definition) is 1. The van der Waals surface area contributed by atoms with Crippen LogP contribution in [-0.2, 0) is 9.53 Å². The van der Waals surface area contributed by atoms with E-state index in [0.29, 0.717) is 0 Å². The summed E-state index contributed by atoms with van der Waals surface area (Å²) in [6.45, 7) is 1.45. The molecular weight excluding hydrogens is 215 g/mol. The minimum Gasteiger partial charge on any atom is -0.478 e. The monoisotopic (exact) mass is 226 g/mol. The van der Waals surface area contributed by atoms with Crippen molar-refractivity contribution in [1.82, 2.24) is 0 Å². The molecule has 1 atom stereocenters. The molecule has 16 heavy (non-hydrogen) atoms. The molecule has 0 fully saturated rings. The minimum absolute atomic E-state index is 0.0201. The van der Waals surface area contributed by atoms with Crippen LogP contribution in [-0.4, -0.2) is 24.2 Å². The van der Waals surface area contributed by atoms with Crippen molar-refractivity contribution < 1.29 is 23.8 Å². The van der Waals surface area contributed by atoms with Gasteiger partial charge in [0.1, 0.15) is 5.82 Å². The first-order chi connectivity index (χ1) is 7.49. The zero-order chi connectivity index (χ0) is 12.3. The fourth-order valence-corrected chi connectivity index (χ4v) is 1.35. The Kier molecular flexibility index (Phi) is 3.60. The quantitative estimate of drug-likeness (QED) is 0.798. The zero-order valence-electron chi connectivity index (χ0n) is 8.86. The minimum atomic E-state index is -1.36. The third-order valence-corrected chi connectivity index (χ3v) is 2.28. The summed E-state index contributed by atoms with van der Waals surface area (Å²) < 4.78 is 18.2. The summed E-state index contributed by atoms with van der Waals surface area (Å²) >= 11 is 0. The number of carbonyl (C=O) groups is 2. The van der Waals surface area contributed by atoms with Crippen LogP contribution in [0.25, 0.3) is 0 Å². The molecule has 1 N–H and O–H groups in total. The van der Waals surface area contributed by atoms with Gasteiger partial charge in [-0.2, -0.15) is 0 Å². The van der Waals surface area contributed by atoms with Crippen LogP contribution in [0.4, 0.5) is 4.39 Å². The van der Waals surface area contributed by atoms with Crippen molar-refractivity contribution in [3.63, 3.8) is 0 Å². The lowest BCUT2D eigenvalue weighted by Gasteiger charge is -2.11. The second kappa shape index (κ2) is 4.74. The highest BCUT2D eigenvalue weighted by Crippen LogP contribution is 2.22. The van der Waals surface area contributed by atoms with Gasteiger partial charge < -0.3 is 9.84 Å². The Morgan fingerprint density at radius 2 is 2.06 bits per heavy atom. The van der Waals surface area contributed by atoms with Gasteiger partial charge in [-0.1, -0.05) is 12.1 Å². The molecule has 5 heteroatoms. The largest absolute Gasteiger partial charge is 0.478 e. The van der Waals surface area contributed by atoms with Gasteiger partial charge in [0.25, 0.3) is 0 Å². The standard InChI is InChI=1S/C11H11FO4/c1-6(11(15)16-2)7-4-3-5-8(9(7)12)10(13)14/h3-6H,1-2H3,(H,13,14). The molecule has 0 aliphatic heterocycles. The number of esters is 1. The van der Waals surface area contributed by atoms with Crippen molar-refractivity contribution in [3.05, 3.63) is 35.1 Å². The van der Waals surface area contributed by atoms with E-state index in [0.717, 1.165) is 6.07 Å². The van der Waals surface area contributed by atoms with E-state index in [1.54, 1.807) is 0 Å². The maximum atomic E-state index is 13.7. The highest BCUT2D eigenvalue weighted by molar-refractivity contribution is 5.89. The van der Waals surface area contributed by atoms with Gasteiger partial charge >= 0.3 is 11.9 Å². The van der Waals surface area contributed by atoms with Gasteiger partial charge in [-0.3, -0.25) is 4.79 Å². The summed E-state index contributed by atoms with van der Waals surface area (Å²) in [7, 11) is 1.19. The Balaban J connectivity index is 3.20. The number of aromatic carboxylic acids is 1. The number of benzene rings is 1. The van der Waals surface area contributed by atoms with Gasteiger partial charge in [-0.15, -0.1) is 0 Å². The number of hydrogen-bond acceptors (Lipinski definition) is 3. The van der Waals surface area contributed by atoms with Gasteiger partial charge in [0.15, 0.2) is 0 Å². The molecule has 1 unspecified atom stereocenters. The third-order valence-electron chi connectivity index (χ3n) is 2.28. The molecule has 0 saturated heterocycles. The summed E-state index contributed by atoms with van der Waals surface area (Å²) in [4.78, 5) is 21.9. The maximum Gasteiger partial charge on any atom is 0.338 e. The first-order valence-corrected chi connectivity index (χ1v) is 4.58. The van der Waals surface area contributed by atoms with Gasteiger partial charge in [0.2, 0.25) is 0 Å². The number of halogens is 1. The summed E-state index contributed by atoms with van der Waals surface area (Å²) in [6, 6.07) is 3.90. The van der Waals surface area contributed by atoms with E-state index >= 15 is 0 Å². The van der Waals surface area contributed by atoms with E-state index in [9.17, 15) is 14.0 Å². The van der Waals surface area contributed by atoms with Crippen molar-refractivity contribution in [1.29, 1.82) is 0 Å². The number of carbonyl (C=O) groups excluding carboxylic acids is 1. The predicted octanol–water partition coefficient (Wildman–Crippen LogP) is 1.80. The average Bonchev–Trinajstić information content (AvgIpc) is 2.27. The van der Waals surface area contributed by atoms with Crippen molar-refractivity contribution in [2.24, 2.45) is 0 Å². The molecule has 0 aliphatic carbocycles. The van der Waals surface area contributed by atoms with Gasteiger partial charge in [-0.05, 0) is 13.0 Å². The van der Waals surface area contributed by atoms with Crippen LogP contribution in [0.15, 0.2) is 18.2 Å². The normalized spacial score (nSPS) is 11.9. The van der Waals surface area contributed by atoms with E-state index in [1.807, 2.05) is 0 Å². The summed E-state index contributed by atoms with van der Waals surface area (Å²) in [6.07, 6.45) is 0. The van der Waals surface area contributed by atoms with E-state index < -0.39 is 29.2 Å². The molecule has 0 heterocycles. The topological polar surface area (TPSA) is 63.6 Å². The van der Waals surface area contributed by atoms with Crippen LogP contribution in [0.5, 0.6) is 0 Å². The lowest BCUT2D eigenvalue weighted by Crippen LogP contribution is -2.14. The second-order valence-corrected chi connectivity index (χ2v) is 3.26. The van der Waals surface area contributed by atoms with Crippen LogP contribution in [0.3, 0.4) is 0 Å². The van der Waals surface area contributed by atoms with Crippen molar-refractivity contribution in [3.8, 4) is 0 Å². The zero-order valence-corrected chi connectivity index (χ0v) is 8.86. The van der Waals surface area contributed by atoms with Crippen molar-refractivity contribution >= 4 is 11.9 Å². The fourth-order valence-electron chi connectivity index (χ4n) is 1.35. The predicted molar refractivity (Wildman–Crippen MR) is 53.8 cm³/mol. The van der Waals surface area contributed by atoms with Crippen molar-refractivity contribution in [2.75, 3.05) is 7.11 Å².